The van der Waals surface area contributed by atoms with Gasteiger partial charge in [-0.05, 0) is 63.4 Å². The lowest BCUT2D eigenvalue weighted by Crippen LogP contribution is -2.12. The molecule has 1 heterocycles. The van der Waals surface area contributed by atoms with E-state index in [1.807, 2.05) is 0 Å². The molecule has 1 heteroatoms. The summed E-state index contributed by atoms with van der Waals surface area (Å²) in [5, 5.41) is 3.87. The standard InChI is InChI=1S/C28H31N/c1-27(2,3)18-20-11-9-13-26-23(20)14-15-25(29-26)21-16-19-10-7-8-12-22(19)24(17-21)28(4,5)6/h7-17H,18H2,1-6H3. The molecule has 0 fully saturated rings. The van der Waals surface area contributed by atoms with Gasteiger partial charge < -0.3 is 0 Å². The smallest absolute Gasteiger partial charge is 0.0712 e. The van der Waals surface area contributed by atoms with E-state index in [-0.39, 0.29) is 10.8 Å². The van der Waals surface area contributed by atoms with Crippen molar-refractivity contribution >= 4 is 21.7 Å². The predicted molar refractivity (Wildman–Crippen MR) is 127 cm³/mol. The number of nitrogens with zero attached hydrogens (tertiary/aromatic N) is 1. The molecule has 0 aliphatic heterocycles. The topological polar surface area (TPSA) is 12.9 Å². The summed E-state index contributed by atoms with van der Waals surface area (Å²) < 4.78 is 0. The molecular weight excluding hydrogens is 350 g/mol. The largest absolute Gasteiger partial charge is 0.248 e. The van der Waals surface area contributed by atoms with Gasteiger partial charge in [0.05, 0.1) is 11.2 Å². The monoisotopic (exact) mass is 381 g/mol. The van der Waals surface area contributed by atoms with E-state index in [9.17, 15) is 0 Å². The third-order valence-electron chi connectivity index (χ3n) is 5.51. The van der Waals surface area contributed by atoms with Crippen molar-refractivity contribution < 1.29 is 0 Å². The van der Waals surface area contributed by atoms with Gasteiger partial charge in [0.25, 0.3) is 0 Å². The highest BCUT2D eigenvalue weighted by molar-refractivity contribution is 5.92. The third-order valence-corrected chi connectivity index (χ3v) is 5.51. The van der Waals surface area contributed by atoms with Gasteiger partial charge in [-0.1, -0.05) is 84.0 Å². The molecule has 3 aromatic carbocycles. The van der Waals surface area contributed by atoms with Gasteiger partial charge in [0.15, 0.2) is 0 Å². The van der Waals surface area contributed by atoms with Crippen LogP contribution in [0.5, 0.6) is 0 Å². The van der Waals surface area contributed by atoms with Gasteiger partial charge >= 0.3 is 0 Å². The van der Waals surface area contributed by atoms with Crippen LogP contribution >= 0.6 is 0 Å². The highest BCUT2D eigenvalue weighted by Crippen LogP contribution is 2.35. The van der Waals surface area contributed by atoms with Crippen LogP contribution in [-0.4, -0.2) is 4.98 Å². The molecule has 148 valence electrons. The number of rotatable bonds is 2. The van der Waals surface area contributed by atoms with E-state index < -0.39 is 0 Å². The molecule has 0 unspecified atom stereocenters. The van der Waals surface area contributed by atoms with Crippen LogP contribution < -0.4 is 0 Å². The van der Waals surface area contributed by atoms with Crippen molar-refractivity contribution in [3.63, 3.8) is 0 Å². The van der Waals surface area contributed by atoms with Crippen molar-refractivity contribution in [2.45, 2.75) is 53.4 Å². The summed E-state index contributed by atoms with van der Waals surface area (Å²) in [6.07, 6.45) is 1.05. The van der Waals surface area contributed by atoms with Gasteiger partial charge in [0, 0.05) is 10.9 Å². The summed E-state index contributed by atoms with van der Waals surface area (Å²) >= 11 is 0. The van der Waals surface area contributed by atoms with Crippen LogP contribution in [0.4, 0.5) is 0 Å². The van der Waals surface area contributed by atoms with E-state index in [2.05, 4.69) is 108 Å². The normalized spacial score (nSPS) is 12.6. The van der Waals surface area contributed by atoms with Crippen LogP contribution in [0, 0.1) is 5.41 Å². The van der Waals surface area contributed by atoms with Crippen molar-refractivity contribution in [2.24, 2.45) is 5.41 Å². The van der Waals surface area contributed by atoms with E-state index in [4.69, 9.17) is 4.98 Å². The Balaban J connectivity index is 1.88. The fourth-order valence-electron chi connectivity index (χ4n) is 4.18. The van der Waals surface area contributed by atoms with Crippen molar-refractivity contribution in [2.75, 3.05) is 0 Å². The fourth-order valence-corrected chi connectivity index (χ4v) is 4.18. The molecule has 4 rings (SSSR count). The Labute approximate surface area is 174 Å². The Morgan fingerprint density at radius 3 is 2.21 bits per heavy atom. The average molecular weight is 382 g/mol. The Morgan fingerprint density at radius 1 is 0.724 bits per heavy atom. The van der Waals surface area contributed by atoms with Crippen LogP contribution in [0.1, 0.15) is 52.7 Å². The van der Waals surface area contributed by atoms with Crippen molar-refractivity contribution in [1.82, 2.24) is 4.98 Å². The molecule has 0 aliphatic rings. The molecule has 0 saturated carbocycles. The zero-order chi connectivity index (χ0) is 20.8. The Hall–Kier alpha value is -2.67. The molecule has 4 aromatic rings. The van der Waals surface area contributed by atoms with Crippen molar-refractivity contribution in [3.05, 3.63) is 77.9 Å². The van der Waals surface area contributed by atoms with Crippen LogP contribution in [0.25, 0.3) is 32.9 Å². The number of hydrogen-bond donors (Lipinski definition) is 0. The fraction of sp³-hybridized carbons (Fsp3) is 0.321. The van der Waals surface area contributed by atoms with Gasteiger partial charge in [0.1, 0.15) is 0 Å². The zero-order valence-electron chi connectivity index (χ0n) is 18.5. The molecular formula is C28H31N. The molecule has 0 spiro atoms. The summed E-state index contributed by atoms with van der Waals surface area (Å²) in [5.74, 6) is 0. The number of benzene rings is 3. The minimum atomic E-state index is 0.0757. The van der Waals surface area contributed by atoms with E-state index in [1.165, 1.54) is 32.8 Å². The molecule has 0 aliphatic carbocycles. The quantitative estimate of drug-likeness (QED) is 0.343. The molecule has 1 aromatic heterocycles. The Morgan fingerprint density at radius 2 is 1.48 bits per heavy atom. The van der Waals surface area contributed by atoms with Crippen molar-refractivity contribution in [1.29, 1.82) is 0 Å². The van der Waals surface area contributed by atoms with Crippen LogP contribution in [-0.2, 0) is 11.8 Å². The van der Waals surface area contributed by atoms with E-state index in [0.29, 0.717) is 0 Å². The SMILES string of the molecule is CC(C)(C)Cc1cccc2nc(-c3cc(C(C)(C)C)c4ccccc4c3)ccc12. The summed E-state index contributed by atoms with van der Waals surface area (Å²) in [7, 11) is 0. The second-order valence-corrected chi connectivity index (χ2v) is 10.4. The maximum absolute atomic E-state index is 5.07. The number of aromatic nitrogens is 1. The van der Waals surface area contributed by atoms with Crippen molar-refractivity contribution in [3.8, 4) is 11.3 Å². The first-order chi connectivity index (χ1) is 13.6. The number of fused-ring (bicyclic) bond motifs is 2. The Bertz CT molecular complexity index is 1190. The first-order valence-electron chi connectivity index (χ1n) is 10.5. The summed E-state index contributed by atoms with van der Waals surface area (Å²) in [6.45, 7) is 13.7. The van der Waals surface area contributed by atoms with Crippen LogP contribution in [0.3, 0.4) is 0 Å². The average Bonchev–Trinajstić information content (AvgIpc) is 2.65. The molecule has 0 radical (unpaired) electrons. The molecule has 0 saturated heterocycles. The lowest BCUT2D eigenvalue weighted by atomic mass is 9.82. The molecule has 0 amide bonds. The zero-order valence-corrected chi connectivity index (χ0v) is 18.5. The lowest BCUT2D eigenvalue weighted by Gasteiger charge is -2.23. The summed E-state index contributed by atoms with van der Waals surface area (Å²) in [5.41, 5.74) is 6.39. The van der Waals surface area contributed by atoms with Gasteiger partial charge in [-0.25, -0.2) is 4.98 Å². The van der Waals surface area contributed by atoms with Gasteiger partial charge in [-0.15, -0.1) is 0 Å². The molecule has 0 bridgehead atoms. The summed E-state index contributed by atoms with van der Waals surface area (Å²) in [4.78, 5) is 5.07. The molecule has 29 heavy (non-hydrogen) atoms. The minimum absolute atomic E-state index is 0.0757. The first kappa shape index (κ1) is 19.6. The lowest BCUT2D eigenvalue weighted by molar-refractivity contribution is 0.412. The molecule has 0 atom stereocenters. The van der Waals surface area contributed by atoms with Gasteiger partial charge in [0.2, 0.25) is 0 Å². The molecule has 1 nitrogen and oxygen atoms in total. The van der Waals surface area contributed by atoms with E-state index in [0.717, 1.165) is 17.6 Å². The highest BCUT2D eigenvalue weighted by Gasteiger charge is 2.19. The summed E-state index contributed by atoms with van der Waals surface area (Å²) in [6, 6.07) is 24.2. The van der Waals surface area contributed by atoms with Crippen LogP contribution in [0.2, 0.25) is 0 Å². The highest BCUT2D eigenvalue weighted by atomic mass is 14.7. The predicted octanol–water partition coefficient (Wildman–Crippen LogP) is 7.94. The van der Waals surface area contributed by atoms with E-state index >= 15 is 0 Å². The third kappa shape index (κ3) is 4.05. The number of hydrogen-bond acceptors (Lipinski definition) is 1. The maximum atomic E-state index is 5.07. The van der Waals surface area contributed by atoms with Gasteiger partial charge in [-0.3, -0.25) is 0 Å². The second-order valence-electron chi connectivity index (χ2n) is 10.4. The first-order valence-corrected chi connectivity index (χ1v) is 10.5. The number of pyridine rings is 1. The van der Waals surface area contributed by atoms with E-state index in [1.54, 1.807) is 0 Å². The van der Waals surface area contributed by atoms with Gasteiger partial charge in [-0.2, -0.15) is 0 Å². The molecule has 0 N–H and O–H groups in total. The minimum Gasteiger partial charge on any atom is -0.248 e. The van der Waals surface area contributed by atoms with Crippen LogP contribution in [0.15, 0.2) is 66.7 Å². The second kappa shape index (κ2) is 6.99. The maximum Gasteiger partial charge on any atom is 0.0712 e. The Kier molecular flexibility index (Phi) is 4.73.